The molecule has 0 saturated heterocycles. The van der Waals surface area contributed by atoms with Crippen molar-refractivity contribution in [1.82, 2.24) is 14.8 Å². The van der Waals surface area contributed by atoms with Gasteiger partial charge in [0.15, 0.2) is 11.0 Å². The summed E-state index contributed by atoms with van der Waals surface area (Å²) >= 11 is 4.60. The van der Waals surface area contributed by atoms with Gasteiger partial charge in [0.25, 0.3) is 0 Å². The molecule has 0 aromatic carbocycles. The number of carbonyl (C=O) groups excluding carboxylic acids is 2. The highest BCUT2D eigenvalue weighted by Crippen LogP contribution is 2.40. The first kappa shape index (κ1) is 24.9. The van der Waals surface area contributed by atoms with Crippen molar-refractivity contribution in [3.05, 3.63) is 32.3 Å². The maximum atomic E-state index is 12.9. The summed E-state index contributed by atoms with van der Waals surface area (Å²) in [6.07, 6.45) is 4.74. The lowest BCUT2D eigenvalue weighted by molar-refractivity contribution is -0.113. The zero-order chi connectivity index (χ0) is 24.2. The summed E-state index contributed by atoms with van der Waals surface area (Å²) in [5, 5.41) is 15.2. The lowest BCUT2D eigenvalue weighted by Crippen LogP contribution is -2.17. The zero-order valence-electron chi connectivity index (χ0n) is 20.0. The van der Waals surface area contributed by atoms with Crippen LogP contribution in [0.4, 0.5) is 5.00 Å². The van der Waals surface area contributed by atoms with Gasteiger partial charge >= 0.3 is 5.97 Å². The van der Waals surface area contributed by atoms with Crippen molar-refractivity contribution in [2.24, 2.45) is 5.92 Å². The Hall–Kier alpha value is -2.17. The molecule has 1 aliphatic rings. The molecule has 1 unspecified atom stereocenters. The number of thioether (sulfide) groups is 1. The molecule has 10 heteroatoms. The fourth-order valence-corrected chi connectivity index (χ4v) is 7.16. The number of hydrogen-bond donors (Lipinski definition) is 1. The van der Waals surface area contributed by atoms with Crippen LogP contribution in [0.15, 0.2) is 16.6 Å². The number of esters is 1. The summed E-state index contributed by atoms with van der Waals surface area (Å²) in [6.45, 7) is 7.26. The number of thiophene rings is 2. The van der Waals surface area contributed by atoms with Gasteiger partial charge in [-0.3, -0.25) is 4.79 Å². The second-order valence-corrected chi connectivity index (χ2v) is 11.5. The number of carbonyl (C=O) groups is 2. The second-order valence-electron chi connectivity index (χ2n) is 8.50. The SMILES string of the molecule is CCCn1c(SCC(=O)Nc2sc3c(c2C(=O)OC)CCC(C)C3)nnc1-c1csc(CC)c1. The molecule has 1 N–H and O–H groups in total. The van der Waals surface area contributed by atoms with Crippen molar-refractivity contribution in [1.29, 1.82) is 0 Å². The number of anilines is 1. The van der Waals surface area contributed by atoms with Crippen molar-refractivity contribution in [2.45, 2.75) is 64.6 Å². The first-order chi connectivity index (χ1) is 16.4. The largest absolute Gasteiger partial charge is 0.465 e. The monoisotopic (exact) mass is 518 g/mol. The van der Waals surface area contributed by atoms with E-state index in [0.717, 1.165) is 60.8 Å². The van der Waals surface area contributed by atoms with E-state index in [1.54, 1.807) is 11.3 Å². The van der Waals surface area contributed by atoms with E-state index in [1.807, 2.05) is 0 Å². The van der Waals surface area contributed by atoms with Crippen LogP contribution in [0.3, 0.4) is 0 Å². The molecular weight excluding hydrogens is 488 g/mol. The normalized spacial score (nSPS) is 15.2. The van der Waals surface area contributed by atoms with Gasteiger partial charge in [0, 0.05) is 27.2 Å². The van der Waals surface area contributed by atoms with Gasteiger partial charge in [0.2, 0.25) is 5.91 Å². The molecule has 7 nitrogen and oxygen atoms in total. The summed E-state index contributed by atoms with van der Waals surface area (Å²) < 4.78 is 7.11. The Bertz CT molecular complexity index is 1180. The highest BCUT2D eigenvalue weighted by molar-refractivity contribution is 7.99. The zero-order valence-corrected chi connectivity index (χ0v) is 22.4. The van der Waals surface area contributed by atoms with Crippen LogP contribution in [0.25, 0.3) is 11.4 Å². The van der Waals surface area contributed by atoms with Gasteiger partial charge in [-0.2, -0.15) is 0 Å². The molecule has 1 amide bonds. The van der Waals surface area contributed by atoms with Crippen LogP contribution in [-0.2, 0) is 35.3 Å². The smallest absolute Gasteiger partial charge is 0.341 e. The Kier molecular flexibility index (Phi) is 8.10. The van der Waals surface area contributed by atoms with Gasteiger partial charge in [-0.25, -0.2) is 4.79 Å². The Morgan fingerprint density at radius 1 is 1.32 bits per heavy atom. The van der Waals surface area contributed by atoms with E-state index in [2.05, 4.69) is 52.3 Å². The van der Waals surface area contributed by atoms with Crippen molar-refractivity contribution in [3.63, 3.8) is 0 Å². The highest BCUT2D eigenvalue weighted by Gasteiger charge is 2.29. The maximum absolute atomic E-state index is 12.9. The third-order valence-corrected chi connectivity index (χ3v) is 9.13. The van der Waals surface area contributed by atoms with Crippen LogP contribution in [0.5, 0.6) is 0 Å². The first-order valence-electron chi connectivity index (χ1n) is 11.6. The van der Waals surface area contributed by atoms with Crippen LogP contribution >= 0.6 is 34.4 Å². The quantitative estimate of drug-likeness (QED) is 0.290. The number of methoxy groups -OCH3 is 1. The minimum absolute atomic E-state index is 0.168. The highest BCUT2D eigenvalue weighted by atomic mass is 32.2. The summed E-state index contributed by atoms with van der Waals surface area (Å²) in [4.78, 5) is 27.9. The number of hydrogen-bond acceptors (Lipinski definition) is 8. The number of nitrogens with one attached hydrogen (secondary N) is 1. The lowest BCUT2D eigenvalue weighted by atomic mass is 9.88. The molecule has 4 rings (SSSR count). The van der Waals surface area contributed by atoms with E-state index in [4.69, 9.17) is 4.74 Å². The standard InChI is InChI=1S/C24H30N4O3S3/c1-5-9-28-21(15-11-16(6-2)32-12-15)26-27-24(28)33-13-19(29)25-22-20(23(30)31-4)17-8-7-14(3)10-18(17)34-22/h11-12,14H,5-10,13H2,1-4H3,(H,25,29). The molecule has 0 aliphatic heterocycles. The first-order valence-corrected chi connectivity index (χ1v) is 14.3. The summed E-state index contributed by atoms with van der Waals surface area (Å²) in [5.74, 6) is 1.05. The molecule has 0 bridgehead atoms. The lowest BCUT2D eigenvalue weighted by Gasteiger charge is -2.18. The second kappa shape index (κ2) is 11.0. The molecule has 0 saturated carbocycles. The fourth-order valence-electron chi connectivity index (χ4n) is 4.17. The predicted octanol–water partition coefficient (Wildman–Crippen LogP) is 5.68. The molecule has 0 spiro atoms. The topological polar surface area (TPSA) is 86.1 Å². The van der Waals surface area contributed by atoms with Crippen LogP contribution in [0.1, 0.15) is 59.3 Å². The molecule has 1 aliphatic carbocycles. The molecule has 3 aromatic rings. The summed E-state index contributed by atoms with van der Waals surface area (Å²) in [5.41, 5.74) is 2.63. The van der Waals surface area contributed by atoms with Gasteiger partial charge in [0.1, 0.15) is 5.00 Å². The van der Waals surface area contributed by atoms with E-state index in [-0.39, 0.29) is 17.6 Å². The fraction of sp³-hybridized carbons (Fsp3) is 0.500. The van der Waals surface area contributed by atoms with Crippen LogP contribution in [0, 0.1) is 5.92 Å². The van der Waals surface area contributed by atoms with E-state index in [0.29, 0.717) is 16.5 Å². The Morgan fingerprint density at radius 2 is 2.15 bits per heavy atom. The Labute approximate surface area is 212 Å². The van der Waals surface area contributed by atoms with Crippen LogP contribution in [0.2, 0.25) is 0 Å². The number of nitrogens with zero attached hydrogens (tertiary/aromatic N) is 3. The molecule has 0 fully saturated rings. The molecule has 34 heavy (non-hydrogen) atoms. The maximum Gasteiger partial charge on any atom is 0.341 e. The van der Waals surface area contributed by atoms with Crippen molar-refractivity contribution in [2.75, 3.05) is 18.2 Å². The Morgan fingerprint density at radius 3 is 2.85 bits per heavy atom. The molecule has 182 valence electrons. The average Bonchev–Trinajstić information content (AvgIpc) is 3.54. The number of fused-ring (bicyclic) bond motifs is 1. The molecule has 1 atom stereocenters. The number of rotatable bonds is 9. The van der Waals surface area contributed by atoms with E-state index in [9.17, 15) is 9.59 Å². The van der Waals surface area contributed by atoms with E-state index < -0.39 is 0 Å². The molecule has 3 heterocycles. The molecule has 3 aromatic heterocycles. The Balaban J connectivity index is 1.49. The number of ether oxygens (including phenoxy) is 1. The van der Waals surface area contributed by atoms with Gasteiger partial charge < -0.3 is 14.6 Å². The van der Waals surface area contributed by atoms with Gasteiger partial charge in [0.05, 0.1) is 18.4 Å². The minimum atomic E-state index is -0.385. The number of aryl methyl sites for hydroxylation is 1. The molecular formula is C24H30N4O3S3. The van der Waals surface area contributed by atoms with Gasteiger partial charge in [-0.1, -0.05) is 32.5 Å². The molecule has 0 radical (unpaired) electrons. The number of aromatic nitrogens is 3. The average molecular weight is 519 g/mol. The summed E-state index contributed by atoms with van der Waals surface area (Å²) in [7, 11) is 1.38. The van der Waals surface area contributed by atoms with Gasteiger partial charge in [-0.15, -0.1) is 32.9 Å². The van der Waals surface area contributed by atoms with E-state index in [1.165, 1.54) is 40.0 Å². The van der Waals surface area contributed by atoms with Crippen LogP contribution < -0.4 is 5.32 Å². The summed E-state index contributed by atoms with van der Waals surface area (Å²) in [6, 6.07) is 2.16. The minimum Gasteiger partial charge on any atom is -0.465 e. The van der Waals surface area contributed by atoms with Gasteiger partial charge in [-0.05, 0) is 49.7 Å². The third-order valence-electron chi connectivity index (χ3n) is 5.91. The van der Waals surface area contributed by atoms with Crippen molar-refractivity contribution >= 4 is 51.3 Å². The third kappa shape index (κ3) is 5.23. The predicted molar refractivity (Wildman–Crippen MR) is 139 cm³/mol. The van der Waals surface area contributed by atoms with Crippen molar-refractivity contribution < 1.29 is 14.3 Å². The van der Waals surface area contributed by atoms with Crippen LogP contribution in [-0.4, -0.2) is 39.5 Å². The number of amides is 1. The van der Waals surface area contributed by atoms with Crippen molar-refractivity contribution in [3.8, 4) is 11.4 Å². The van der Waals surface area contributed by atoms with E-state index >= 15 is 0 Å².